The highest BCUT2D eigenvalue weighted by Gasteiger charge is 2.03. The third kappa shape index (κ3) is 6.33. The van der Waals surface area contributed by atoms with Crippen LogP contribution in [-0.4, -0.2) is 29.3 Å². The number of guanidine groups is 1. The SMILES string of the molecule is CN=C(NCCc1ccn(-c2ccc(F)cc2)n1)NCc1ccc(C)cc1.I. The number of nitrogens with zero attached hydrogens (tertiary/aromatic N) is 3. The van der Waals surface area contributed by atoms with Crippen molar-refractivity contribution in [2.75, 3.05) is 13.6 Å². The van der Waals surface area contributed by atoms with Crippen LogP contribution in [0, 0.1) is 12.7 Å². The second kappa shape index (κ2) is 10.8. The normalized spacial score (nSPS) is 11.0. The number of aromatic nitrogens is 2. The van der Waals surface area contributed by atoms with E-state index in [0.717, 1.165) is 30.3 Å². The van der Waals surface area contributed by atoms with Gasteiger partial charge < -0.3 is 10.6 Å². The van der Waals surface area contributed by atoms with E-state index in [2.05, 4.69) is 51.9 Å². The first-order valence-corrected chi connectivity index (χ1v) is 8.94. The molecule has 3 aromatic rings. The van der Waals surface area contributed by atoms with Gasteiger partial charge in [-0.05, 0) is 42.8 Å². The van der Waals surface area contributed by atoms with Crippen LogP contribution in [0.3, 0.4) is 0 Å². The average molecular weight is 493 g/mol. The molecule has 0 atom stereocenters. The molecule has 0 spiro atoms. The van der Waals surface area contributed by atoms with Gasteiger partial charge in [0.15, 0.2) is 5.96 Å². The van der Waals surface area contributed by atoms with Gasteiger partial charge in [-0.15, -0.1) is 24.0 Å². The molecule has 0 amide bonds. The Bertz CT molecular complexity index is 888. The summed E-state index contributed by atoms with van der Waals surface area (Å²) in [5.74, 6) is 0.508. The minimum Gasteiger partial charge on any atom is -0.356 e. The van der Waals surface area contributed by atoms with Crippen LogP contribution in [0.4, 0.5) is 4.39 Å². The Morgan fingerprint density at radius 3 is 2.43 bits per heavy atom. The highest BCUT2D eigenvalue weighted by Crippen LogP contribution is 2.09. The van der Waals surface area contributed by atoms with Crippen molar-refractivity contribution in [2.45, 2.75) is 19.9 Å². The summed E-state index contributed by atoms with van der Waals surface area (Å²) in [5, 5.41) is 11.1. The molecular formula is C21H25FIN5. The van der Waals surface area contributed by atoms with Gasteiger partial charge >= 0.3 is 0 Å². The molecule has 148 valence electrons. The van der Waals surface area contributed by atoms with Crippen molar-refractivity contribution in [2.24, 2.45) is 4.99 Å². The fraction of sp³-hybridized carbons (Fsp3) is 0.238. The van der Waals surface area contributed by atoms with Gasteiger partial charge in [-0.3, -0.25) is 4.99 Å². The van der Waals surface area contributed by atoms with E-state index < -0.39 is 0 Å². The quantitative estimate of drug-likeness (QED) is 0.312. The summed E-state index contributed by atoms with van der Waals surface area (Å²) in [6, 6.07) is 16.7. The van der Waals surface area contributed by atoms with E-state index in [1.807, 2.05) is 12.3 Å². The lowest BCUT2D eigenvalue weighted by Crippen LogP contribution is -2.37. The molecule has 7 heteroatoms. The van der Waals surface area contributed by atoms with E-state index >= 15 is 0 Å². The highest BCUT2D eigenvalue weighted by atomic mass is 127. The maximum Gasteiger partial charge on any atom is 0.191 e. The van der Waals surface area contributed by atoms with Crippen LogP contribution in [0.15, 0.2) is 65.8 Å². The van der Waals surface area contributed by atoms with Crippen LogP contribution in [-0.2, 0) is 13.0 Å². The predicted octanol–water partition coefficient (Wildman–Crippen LogP) is 3.85. The van der Waals surface area contributed by atoms with Crippen LogP contribution in [0.2, 0.25) is 0 Å². The molecule has 0 bridgehead atoms. The Labute approximate surface area is 182 Å². The monoisotopic (exact) mass is 493 g/mol. The standard InChI is InChI=1S/C21H24FN5.HI/c1-16-3-5-17(6-4-16)15-25-21(23-2)24-13-11-19-12-14-27(26-19)20-9-7-18(22)8-10-20;/h3-10,12,14H,11,13,15H2,1-2H3,(H2,23,24,25);1H. The van der Waals surface area contributed by atoms with E-state index in [-0.39, 0.29) is 29.8 Å². The number of hydrogen-bond donors (Lipinski definition) is 2. The Morgan fingerprint density at radius 1 is 1.04 bits per heavy atom. The average Bonchev–Trinajstić information content (AvgIpc) is 3.15. The molecule has 3 rings (SSSR count). The maximum absolute atomic E-state index is 13.0. The predicted molar refractivity (Wildman–Crippen MR) is 122 cm³/mol. The van der Waals surface area contributed by atoms with Crippen LogP contribution in [0.25, 0.3) is 5.69 Å². The zero-order valence-electron chi connectivity index (χ0n) is 16.0. The molecule has 1 heterocycles. The van der Waals surface area contributed by atoms with Gasteiger partial charge in [-0.1, -0.05) is 29.8 Å². The lowest BCUT2D eigenvalue weighted by atomic mass is 10.1. The van der Waals surface area contributed by atoms with Gasteiger partial charge in [0.05, 0.1) is 11.4 Å². The fourth-order valence-corrected chi connectivity index (χ4v) is 2.65. The zero-order chi connectivity index (χ0) is 19.1. The van der Waals surface area contributed by atoms with Crippen molar-refractivity contribution >= 4 is 29.9 Å². The van der Waals surface area contributed by atoms with Gasteiger partial charge in [-0.2, -0.15) is 5.10 Å². The molecule has 1 aromatic heterocycles. The first-order chi connectivity index (χ1) is 13.1. The van der Waals surface area contributed by atoms with Crippen molar-refractivity contribution in [1.82, 2.24) is 20.4 Å². The molecule has 5 nitrogen and oxygen atoms in total. The molecule has 0 saturated heterocycles. The Hall–Kier alpha value is -2.42. The third-order valence-electron chi connectivity index (χ3n) is 4.21. The summed E-state index contributed by atoms with van der Waals surface area (Å²) in [6.07, 6.45) is 2.65. The number of hydrogen-bond acceptors (Lipinski definition) is 2. The Kier molecular flexibility index (Phi) is 8.43. The van der Waals surface area contributed by atoms with Crippen molar-refractivity contribution in [1.29, 1.82) is 0 Å². The first-order valence-electron chi connectivity index (χ1n) is 8.94. The van der Waals surface area contributed by atoms with E-state index in [0.29, 0.717) is 6.54 Å². The largest absolute Gasteiger partial charge is 0.356 e. The molecule has 0 fully saturated rings. The molecule has 0 radical (unpaired) electrons. The summed E-state index contributed by atoms with van der Waals surface area (Å²) in [6.45, 7) is 3.52. The summed E-state index contributed by atoms with van der Waals surface area (Å²) in [4.78, 5) is 4.25. The molecule has 2 aromatic carbocycles. The Balaban J connectivity index is 0.00000280. The smallest absolute Gasteiger partial charge is 0.191 e. The molecular weight excluding hydrogens is 468 g/mol. The van der Waals surface area contributed by atoms with Crippen LogP contribution < -0.4 is 10.6 Å². The summed E-state index contributed by atoms with van der Waals surface area (Å²) >= 11 is 0. The van der Waals surface area contributed by atoms with Crippen LogP contribution in [0.5, 0.6) is 0 Å². The van der Waals surface area contributed by atoms with Gasteiger partial charge in [0, 0.05) is 32.8 Å². The lowest BCUT2D eigenvalue weighted by molar-refractivity contribution is 0.627. The third-order valence-corrected chi connectivity index (χ3v) is 4.21. The topological polar surface area (TPSA) is 54.2 Å². The van der Waals surface area contributed by atoms with Crippen molar-refractivity contribution in [3.05, 3.63) is 83.4 Å². The molecule has 0 saturated carbocycles. The van der Waals surface area contributed by atoms with E-state index in [1.165, 1.54) is 23.3 Å². The molecule has 2 N–H and O–H groups in total. The number of halogens is 2. The molecule has 0 aliphatic heterocycles. The summed E-state index contributed by atoms with van der Waals surface area (Å²) < 4.78 is 14.8. The summed E-state index contributed by atoms with van der Waals surface area (Å²) in [7, 11) is 1.76. The molecule has 0 aliphatic rings. The Morgan fingerprint density at radius 2 is 1.75 bits per heavy atom. The van der Waals surface area contributed by atoms with Crippen molar-refractivity contribution < 1.29 is 4.39 Å². The maximum atomic E-state index is 13.0. The first kappa shape index (κ1) is 21.9. The van der Waals surface area contributed by atoms with E-state index in [4.69, 9.17) is 0 Å². The van der Waals surface area contributed by atoms with Crippen molar-refractivity contribution in [3.63, 3.8) is 0 Å². The van der Waals surface area contributed by atoms with Gasteiger partial charge in [-0.25, -0.2) is 9.07 Å². The van der Waals surface area contributed by atoms with Crippen LogP contribution in [0.1, 0.15) is 16.8 Å². The minimum absolute atomic E-state index is 0. The van der Waals surface area contributed by atoms with Gasteiger partial charge in [0.2, 0.25) is 0 Å². The van der Waals surface area contributed by atoms with Gasteiger partial charge in [0.1, 0.15) is 5.82 Å². The number of rotatable bonds is 6. The second-order valence-electron chi connectivity index (χ2n) is 6.32. The number of benzene rings is 2. The molecule has 0 aliphatic carbocycles. The number of aliphatic imine (C=N–C) groups is 1. The second-order valence-corrected chi connectivity index (χ2v) is 6.32. The van der Waals surface area contributed by atoms with Crippen LogP contribution >= 0.6 is 24.0 Å². The lowest BCUT2D eigenvalue weighted by Gasteiger charge is -2.11. The van der Waals surface area contributed by atoms with E-state index in [9.17, 15) is 4.39 Å². The molecule has 28 heavy (non-hydrogen) atoms. The zero-order valence-corrected chi connectivity index (χ0v) is 18.4. The minimum atomic E-state index is -0.250. The highest BCUT2D eigenvalue weighted by molar-refractivity contribution is 14.0. The van der Waals surface area contributed by atoms with Crippen molar-refractivity contribution in [3.8, 4) is 5.69 Å². The number of aryl methyl sites for hydroxylation is 1. The van der Waals surface area contributed by atoms with Gasteiger partial charge in [0.25, 0.3) is 0 Å². The number of nitrogens with one attached hydrogen (secondary N) is 2. The molecule has 0 unspecified atom stereocenters. The fourth-order valence-electron chi connectivity index (χ4n) is 2.65. The van der Waals surface area contributed by atoms with E-state index in [1.54, 1.807) is 23.9 Å². The summed E-state index contributed by atoms with van der Waals surface area (Å²) in [5.41, 5.74) is 4.26.